The highest BCUT2D eigenvalue weighted by atomic mass is 19.1. The fourth-order valence-electron chi connectivity index (χ4n) is 5.08. The molecule has 2 aromatic rings. The van der Waals surface area contributed by atoms with Crippen molar-refractivity contribution in [2.75, 3.05) is 6.54 Å². The van der Waals surface area contributed by atoms with Gasteiger partial charge in [-0.1, -0.05) is 64.3 Å². The number of hydrazone groups is 1. The third-order valence-electron chi connectivity index (χ3n) is 7.12. The van der Waals surface area contributed by atoms with Crippen molar-refractivity contribution in [1.29, 1.82) is 0 Å². The number of nitrogens with zero attached hydrogens (tertiary/aromatic N) is 2. The Kier molecular flexibility index (Phi) is 9.79. The van der Waals surface area contributed by atoms with E-state index in [2.05, 4.69) is 78.1 Å². The number of rotatable bonds is 10. The smallest absolute Gasteiger partial charge is 0.126 e. The zero-order chi connectivity index (χ0) is 27.1. The van der Waals surface area contributed by atoms with Gasteiger partial charge in [-0.15, -0.1) is 0 Å². The van der Waals surface area contributed by atoms with E-state index in [1.54, 1.807) is 6.92 Å². The maximum absolute atomic E-state index is 13.9. The number of benzene rings is 2. The maximum atomic E-state index is 13.9. The summed E-state index contributed by atoms with van der Waals surface area (Å²) in [7, 11) is 0. The number of amidine groups is 1. The van der Waals surface area contributed by atoms with Crippen LogP contribution in [0.2, 0.25) is 0 Å². The first-order chi connectivity index (χ1) is 17.5. The van der Waals surface area contributed by atoms with Crippen LogP contribution in [-0.4, -0.2) is 36.4 Å². The molecule has 0 heterocycles. The topological polar surface area (TPSA) is 81.0 Å². The molecule has 2 aromatic carbocycles. The first kappa shape index (κ1) is 28.7. The Bertz CT molecular complexity index is 1060. The number of nitrogens with one attached hydrogen (secondary N) is 3. The van der Waals surface area contributed by atoms with Gasteiger partial charge in [0.25, 0.3) is 0 Å². The van der Waals surface area contributed by atoms with Crippen molar-refractivity contribution in [3.05, 3.63) is 70.8 Å². The van der Waals surface area contributed by atoms with Crippen molar-refractivity contribution in [2.45, 2.75) is 89.3 Å². The zero-order valence-electron chi connectivity index (χ0n) is 22.5. The third kappa shape index (κ3) is 8.07. The van der Waals surface area contributed by atoms with E-state index >= 15 is 0 Å². The number of hydrogen-bond acceptors (Lipinski definition) is 5. The van der Waals surface area contributed by atoms with Crippen LogP contribution in [0.4, 0.5) is 8.78 Å². The quantitative estimate of drug-likeness (QED) is 0.202. The average molecular weight is 514 g/mol. The van der Waals surface area contributed by atoms with Gasteiger partial charge in [0.1, 0.15) is 17.5 Å². The average Bonchev–Trinajstić information content (AvgIpc) is 2.85. The molecule has 0 spiro atoms. The summed E-state index contributed by atoms with van der Waals surface area (Å²) in [4.78, 5) is 4.59. The molecule has 6 nitrogen and oxygen atoms in total. The molecule has 2 atom stereocenters. The lowest BCUT2D eigenvalue weighted by molar-refractivity contribution is 0.117. The fraction of sp³-hybridized carbons (Fsp3) is 0.517. The van der Waals surface area contributed by atoms with E-state index in [0.717, 1.165) is 31.7 Å². The molecule has 1 aliphatic rings. The van der Waals surface area contributed by atoms with Gasteiger partial charge in [-0.25, -0.2) is 14.3 Å². The number of hydrogen-bond donors (Lipinski definition) is 4. The van der Waals surface area contributed by atoms with Gasteiger partial charge in [0, 0.05) is 24.9 Å². The van der Waals surface area contributed by atoms with Gasteiger partial charge in [-0.3, -0.25) is 10.4 Å². The summed E-state index contributed by atoms with van der Waals surface area (Å²) in [6, 6.07) is 11.5. The van der Waals surface area contributed by atoms with Gasteiger partial charge in [0.15, 0.2) is 0 Å². The Morgan fingerprint density at radius 1 is 1.08 bits per heavy atom. The second-order valence-electron chi connectivity index (χ2n) is 11.1. The second-order valence-corrected chi connectivity index (χ2v) is 11.1. The van der Waals surface area contributed by atoms with Crippen molar-refractivity contribution in [1.82, 2.24) is 16.3 Å². The molecule has 2 unspecified atom stereocenters. The van der Waals surface area contributed by atoms with E-state index in [9.17, 15) is 13.9 Å². The van der Waals surface area contributed by atoms with Crippen LogP contribution < -0.4 is 16.3 Å². The van der Waals surface area contributed by atoms with Gasteiger partial charge in [0.05, 0.1) is 12.1 Å². The Morgan fingerprint density at radius 2 is 1.76 bits per heavy atom. The van der Waals surface area contributed by atoms with Gasteiger partial charge in [-0.05, 0) is 60.4 Å². The first-order valence-electron chi connectivity index (χ1n) is 13.0. The molecular weight excluding hydrogens is 472 g/mol. The van der Waals surface area contributed by atoms with Crippen LogP contribution >= 0.6 is 0 Å². The number of hydrazine groups is 1. The Hall–Kier alpha value is -2.84. The summed E-state index contributed by atoms with van der Waals surface area (Å²) in [5.41, 5.74) is 8.02. The molecule has 3 rings (SSSR count). The Labute approximate surface area is 219 Å². The molecule has 0 radical (unpaired) electrons. The third-order valence-corrected chi connectivity index (χ3v) is 7.12. The molecule has 0 bridgehead atoms. The summed E-state index contributed by atoms with van der Waals surface area (Å²) in [5, 5.41) is 18.6. The highest BCUT2D eigenvalue weighted by Gasteiger charge is 2.35. The number of aliphatic imine (C=N–C) groups is 1. The number of aliphatic hydroxyl groups excluding tert-OH is 1. The van der Waals surface area contributed by atoms with Crippen molar-refractivity contribution in [2.24, 2.45) is 10.1 Å². The van der Waals surface area contributed by atoms with Gasteiger partial charge in [-0.2, -0.15) is 5.10 Å². The summed E-state index contributed by atoms with van der Waals surface area (Å²) in [6.45, 7) is 12.0. The predicted octanol–water partition coefficient (Wildman–Crippen LogP) is 5.11. The van der Waals surface area contributed by atoms with Gasteiger partial charge >= 0.3 is 0 Å². The van der Waals surface area contributed by atoms with Crippen molar-refractivity contribution in [3.63, 3.8) is 0 Å². The van der Waals surface area contributed by atoms with Gasteiger partial charge in [0.2, 0.25) is 0 Å². The van der Waals surface area contributed by atoms with Crippen LogP contribution in [0.15, 0.2) is 52.6 Å². The summed E-state index contributed by atoms with van der Waals surface area (Å²) < 4.78 is 27.7. The minimum absolute atomic E-state index is 0.0320. The molecular formula is C29H41F2N5O. The summed E-state index contributed by atoms with van der Waals surface area (Å²) in [6.07, 6.45) is 4.64. The van der Waals surface area contributed by atoms with Crippen molar-refractivity contribution in [3.8, 4) is 0 Å². The van der Waals surface area contributed by atoms with E-state index in [1.165, 1.54) is 29.7 Å². The monoisotopic (exact) mass is 513 g/mol. The molecule has 37 heavy (non-hydrogen) atoms. The molecule has 1 aliphatic carbocycles. The maximum Gasteiger partial charge on any atom is 0.126 e. The van der Waals surface area contributed by atoms with Crippen LogP contribution in [0.5, 0.6) is 0 Å². The molecule has 0 amide bonds. The first-order valence-corrected chi connectivity index (χ1v) is 13.0. The van der Waals surface area contributed by atoms with E-state index in [0.29, 0.717) is 11.4 Å². The zero-order valence-corrected chi connectivity index (χ0v) is 22.5. The van der Waals surface area contributed by atoms with Crippen molar-refractivity contribution < 1.29 is 13.9 Å². The van der Waals surface area contributed by atoms with Crippen LogP contribution in [0.3, 0.4) is 0 Å². The van der Waals surface area contributed by atoms with E-state index < -0.39 is 23.8 Å². The molecule has 1 fully saturated rings. The van der Waals surface area contributed by atoms with Gasteiger partial charge < -0.3 is 10.4 Å². The normalized spacial score (nSPS) is 17.6. The lowest BCUT2D eigenvalue weighted by Gasteiger charge is -2.40. The highest BCUT2D eigenvalue weighted by Crippen LogP contribution is 2.38. The molecule has 8 heteroatoms. The molecule has 4 N–H and O–H groups in total. The summed E-state index contributed by atoms with van der Waals surface area (Å²) >= 11 is 0. The van der Waals surface area contributed by atoms with Crippen LogP contribution in [0, 0.1) is 11.6 Å². The lowest BCUT2D eigenvalue weighted by atomic mass is 9.74. The minimum atomic E-state index is -0.899. The predicted molar refractivity (Wildman–Crippen MR) is 147 cm³/mol. The highest BCUT2D eigenvalue weighted by molar-refractivity contribution is 5.79. The van der Waals surface area contributed by atoms with Crippen LogP contribution in [0.1, 0.15) is 76.5 Å². The summed E-state index contributed by atoms with van der Waals surface area (Å²) in [5.74, 6) is -0.839. The van der Waals surface area contributed by atoms with Crippen LogP contribution in [-0.2, 0) is 17.4 Å². The molecule has 1 saturated carbocycles. The van der Waals surface area contributed by atoms with E-state index in [-0.39, 0.29) is 23.9 Å². The Morgan fingerprint density at radius 3 is 2.38 bits per heavy atom. The second kappa shape index (κ2) is 12.6. The Balaban J connectivity index is 1.85. The van der Waals surface area contributed by atoms with E-state index in [1.807, 2.05) is 0 Å². The van der Waals surface area contributed by atoms with Crippen molar-refractivity contribution >= 4 is 12.6 Å². The largest absolute Gasteiger partial charge is 0.390 e. The number of halogens is 2. The molecule has 0 aliphatic heterocycles. The molecule has 0 aromatic heterocycles. The molecule has 202 valence electrons. The lowest BCUT2D eigenvalue weighted by Crippen LogP contribution is -2.49. The van der Waals surface area contributed by atoms with E-state index in [4.69, 9.17) is 0 Å². The number of aliphatic hydroxyl groups is 1. The van der Waals surface area contributed by atoms with Crippen LogP contribution in [0.25, 0.3) is 0 Å². The fourth-order valence-corrected chi connectivity index (χ4v) is 5.08. The minimum Gasteiger partial charge on any atom is -0.390 e. The molecule has 0 saturated heterocycles. The standard InChI is InChI=1S/C29H41F2N5O/c1-20(35-36-32-5)34-26(16-21-14-24(30)18-25(31)15-21)27(37)19-33-29(12-7-6-8-13-29)23-11-9-10-22(17-23)28(2,3)4/h9-11,14-15,17-18,26-27,33,36-37H,5-8,12-13,16,19H2,1-4H3,(H,34,35). The SMILES string of the molecule is C=NNNC(C)=NC(Cc1cc(F)cc(F)c1)C(O)CNC1(c2cccc(C(C)(C)C)c2)CCCCC1.